The van der Waals surface area contributed by atoms with Crippen LogP contribution in [0, 0.1) is 5.41 Å². The van der Waals surface area contributed by atoms with Gasteiger partial charge in [-0.25, -0.2) is 4.98 Å². The molecule has 0 fully saturated rings. The normalized spacial score (nSPS) is 11.2. The number of nitrogens with two attached hydrogens (primary N) is 1. The molecule has 0 unspecified atom stereocenters. The molecule has 0 radical (unpaired) electrons. The highest BCUT2D eigenvalue weighted by molar-refractivity contribution is 7.13. The fourth-order valence-corrected chi connectivity index (χ4v) is 3.75. The summed E-state index contributed by atoms with van der Waals surface area (Å²) >= 11 is 1.54. The quantitative estimate of drug-likeness (QED) is 0.557. The zero-order chi connectivity index (χ0) is 15.7. The van der Waals surface area contributed by atoms with Gasteiger partial charge in [0.05, 0.1) is 15.6 Å². The summed E-state index contributed by atoms with van der Waals surface area (Å²) < 4.78 is 0. The van der Waals surface area contributed by atoms with E-state index in [1.165, 1.54) is 27.7 Å². The number of nitrogens with one attached hydrogen (secondary N) is 1. The Morgan fingerprint density at radius 3 is 2.59 bits per heavy atom. The fourth-order valence-electron chi connectivity index (χ4n) is 2.65. The summed E-state index contributed by atoms with van der Waals surface area (Å²) in [4.78, 5) is 5.54. The van der Waals surface area contributed by atoms with E-state index in [9.17, 15) is 0 Å². The summed E-state index contributed by atoms with van der Waals surface area (Å²) in [5, 5.41) is 11.3. The first-order chi connectivity index (χ1) is 10.6. The van der Waals surface area contributed by atoms with Crippen LogP contribution in [0.5, 0.6) is 0 Å². The first-order valence-corrected chi connectivity index (χ1v) is 8.18. The largest absolute Gasteiger partial charge is 0.383 e. The lowest BCUT2D eigenvalue weighted by molar-refractivity contribution is 0.822. The lowest BCUT2D eigenvalue weighted by Crippen LogP contribution is -2.12. The molecule has 0 aliphatic rings. The summed E-state index contributed by atoms with van der Waals surface area (Å²) in [5.74, 6) is 0.391. The number of hydrogen-bond acceptors (Lipinski definition) is 3. The molecule has 0 bridgehead atoms. The molecule has 1 heterocycles. The molecule has 0 atom stereocenters. The topological polar surface area (TPSA) is 62.8 Å². The fraction of sp³-hybridized carbons (Fsp3) is 0.222. The zero-order valence-corrected chi connectivity index (χ0v) is 13.6. The van der Waals surface area contributed by atoms with Crippen molar-refractivity contribution in [3.05, 3.63) is 63.6 Å². The van der Waals surface area contributed by atoms with Crippen molar-refractivity contribution in [1.82, 2.24) is 4.98 Å². The molecule has 0 saturated heterocycles. The van der Waals surface area contributed by atoms with Crippen molar-refractivity contribution in [2.45, 2.75) is 26.2 Å². The van der Waals surface area contributed by atoms with Crippen LogP contribution in [-0.4, -0.2) is 10.8 Å². The molecular formula is C18H19N3S. The van der Waals surface area contributed by atoms with Crippen molar-refractivity contribution in [1.29, 1.82) is 5.41 Å². The third-order valence-electron chi connectivity index (χ3n) is 3.71. The molecule has 1 aromatic heterocycles. The Balaban J connectivity index is 2.02. The molecule has 4 heteroatoms. The number of aromatic nitrogens is 1. The highest BCUT2D eigenvalue weighted by atomic mass is 32.1. The Bertz CT molecular complexity index is 828. The van der Waals surface area contributed by atoms with E-state index in [0.29, 0.717) is 0 Å². The maximum atomic E-state index is 7.74. The van der Waals surface area contributed by atoms with Crippen LogP contribution in [0.15, 0.2) is 42.5 Å². The molecule has 2 aromatic carbocycles. The van der Waals surface area contributed by atoms with Crippen molar-refractivity contribution in [2.75, 3.05) is 0 Å². The Morgan fingerprint density at radius 2 is 1.91 bits per heavy atom. The van der Waals surface area contributed by atoms with Gasteiger partial charge in [0.2, 0.25) is 0 Å². The van der Waals surface area contributed by atoms with Crippen LogP contribution in [0.1, 0.15) is 40.9 Å². The van der Waals surface area contributed by atoms with Gasteiger partial charge in [0.25, 0.3) is 0 Å². The molecule has 3 aromatic rings. The third kappa shape index (κ3) is 2.74. The predicted octanol–water partition coefficient (Wildman–Crippen LogP) is 4.29. The molecule has 0 aliphatic carbocycles. The van der Waals surface area contributed by atoms with Crippen LogP contribution in [-0.2, 0) is 6.42 Å². The van der Waals surface area contributed by atoms with E-state index in [1.807, 2.05) is 0 Å². The third-order valence-corrected chi connectivity index (χ3v) is 4.82. The molecule has 22 heavy (non-hydrogen) atoms. The van der Waals surface area contributed by atoms with Crippen LogP contribution in [0.25, 0.3) is 10.8 Å². The standard InChI is InChI=1S/C18H19N3S/c1-11(2)16-17(18(19)20)22-15(21-16)10-13-8-5-7-12-6-3-4-9-14(12)13/h3-9,11H,10H2,1-2H3,(H3,19,20). The summed E-state index contributed by atoms with van der Waals surface area (Å²) in [7, 11) is 0. The van der Waals surface area contributed by atoms with Gasteiger partial charge in [0.1, 0.15) is 5.84 Å². The number of nitrogen functional groups attached to an aromatic ring is 1. The van der Waals surface area contributed by atoms with E-state index in [1.54, 1.807) is 0 Å². The molecule has 0 aliphatic heterocycles. The Labute approximate surface area is 134 Å². The van der Waals surface area contributed by atoms with Gasteiger partial charge in [-0.3, -0.25) is 5.41 Å². The predicted molar refractivity (Wildman–Crippen MR) is 94.0 cm³/mol. The average Bonchev–Trinajstić information content (AvgIpc) is 2.92. The molecule has 3 N–H and O–H groups in total. The van der Waals surface area contributed by atoms with Crippen molar-refractivity contribution >= 4 is 27.9 Å². The second-order valence-corrected chi connectivity index (χ2v) is 6.79. The van der Waals surface area contributed by atoms with Gasteiger partial charge in [-0.2, -0.15) is 0 Å². The molecule has 0 amide bonds. The summed E-state index contributed by atoms with van der Waals surface area (Å²) in [6, 6.07) is 14.7. The number of hydrogen-bond donors (Lipinski definition) is 2. The second-order valence-electron chi connectivity index (χ2n) is 5.71. The van der Waals surface area contributed by atoms with E-state index in [4.69, 9.17) is 16.1 Å². The SMILES string of the molecule is CC(C)c1nc(Cc2cccc3ccccc23)sc1C(=N)N. The number of rotatable bonds is 4. The minimum Gasteiger partial charge on any atom is -0.383 e. The lowest BCUT2D eigenvalue weighted by Gasteiger charge is -2.04. The summed E-state index contributed by atoms with van der Waals surface area (Å²) in [5.41, 5.74) is 7.90. The molecule has 0 spiro atoms. The van der Waals surface area contributed by atoms with Crippen LogP contribution in [0.3, 0.4) is 0 Å². The van der Waals surface area contributed by atoms with Crippen molar-refractivity contribution in [3.8, 4) is 0 Å². The van der Waals surface area contributed by atoms with E-state index in [2.05, 4.69) is 56.3 Å². The maximum Gasteiger partial charge on any atom is 0.135 e. The first kappa shape index (κ1) is 14.7. The van der Waals surface area contributed by atoms with Gasteiger partial charge >= 0.3 is 0 Å². The lowest BCUT2D eigenvalue weighted by atomic mass is 10.0. The number of thiazole rings is 1. The zero-order valence-electron chi connectivity index (χ0n) is 12.8. The number of benzene rings is 2. The minimum atomic E-state index is 0.116. The molecule has 3 rings (SSSR count). The van der Waals surface area contributed by atoms with Gasteiger partial charge in [0, 0.05) is 6.42 Å². The molecule has 3 nitrogen and oxygen atoms in total. The second kappa shape index (κ2) is 5.89. The average molecular weight is 309 g/mol. The van der Waals surface area contributed by atoms with Crippen LogP contribution >= 0.6 is 11.3 Å². The Kier molecular flexibility index (Phi) is 3.94. The van der Waals surface area contributed by atoms with Crippen molar-refractivity contribution < 1.29 is 0 Å². The highest BCUT2D eigenvalue weighted by Crippen LogP contribution is 2.28. The van der Waals surface area contributed by atoms with Gasteiger partial charge in [-0.05, 0) is 22.3 Å². The van der Waals surface area contributed by atoms with Crippen molar-refractivity contribution in [3.63, 3.8) is 0 Å². The van der Waals surface area contributed by atoms with E-state index in [-0.39, 0.29) is 11.8 Å². The van der Waals surface area contributed by atoms with Gasteiger partial charge in [-0.1, -0.05) is 56.3 Å². The Morgan fingerprint density at radius 1 is 1.18 bits per heavy atom. The monoisotopic (exact) mass is 309 g/mol. The van der Waals surface area contributed by atoms with E-state index < -0.39 is 0 Å². The van der Waals surface area contributed by atoms with Gasteiger partial charge < -0.3 is 5.73 Å². The smallest absolute Gasteiger partial charge is 0.135 e. The first-order valence-electron chi connectivity index (χ1n) is 7.37. The van der Waals surface area contributed by atoms with Gasteiger partial charge in [0.15, 0.2) is 0 Å². The highest BCUT2D eigenvalue weighted by Gasteiger charge is 2.16. The molecular weight excluding hydrogens is 290 g/mol. The van der Waals surface area contributed by atoms with Crippen LogP contribution in [0.2, 0.25) is 0 Å². The van der Waals surface area contributed by atoms with Crippen LogP contribution < -0.4 is 5.73 Å². The minimum absolute atomic E-state index is 0.116. The molecule has 112 valence electrons. The number of nitrogens with zero attached hydrogens (tertiary/aromatic N) is 1. The number of fused-ring (bicyclic) bond motifs is 1. The van der Waals surface area contributed by atoms with Gasteiger partial charge in [-0.15, -0.1) is 11.3 Å². The number of amidine groups is 1. The van der Waals surface area contributed by atoms with E-state index >= 15 is 0 Å². The van der Waals surface area contributed by atoms with Crippen molar-refractivity contribution in [2.24, 2.45) is 5.73 Å². The summed E-state index contributed by atoms with van der Waals surface area (Å²) in [6.07, 6.45) is 0.777. The van der Waals surface area contributed by atoms with Crippen LogP contribution in [0.4, 0.5) is 0 Å². The van der Waals surface area contributed by atoms with E-state index in [0.717, 1.165) is 22.0 Å². The summed E-state index contributed by atoms with van der Waals surface area (Å²) in [6.45, 7) is 4.17. The molecule has 0 saturated carbocycles. The Hall–Kier alpha value is -2.20. The maximum absolute atomic E-state index is 7.74.